The normalized spacial score (nSPS) is 10.7. The molecule has 0 aliphatic heterocycles. The van der Waals surface area contributed by atoms with Crippen molar-refractivity contribution in [1.82, 2.24) is 0 Å². The minimum atomic E-state index is -2.87. The summed E-state index contributed by atoms with van der Waals surface area (Å²) < 4.78 is 1.00. The second-order valence-corrected chi connectivity index (χ2v) is 3.44. The Labute approximate surface area is 57.0 Å². The molecule has 0 aliphatic rings. The van der Waals surface area contributed by atoms with E-state index in [0.29, 0.717) is 0 Å². The Kier molecular flexibility index (Phi) is 6.78. The zero-order valence-electron chi connectivity index (χ0n) is 6.20. The lowest BCUT2D eigenvalue weighted by molar-refractivity contribution is -0.849. The molecule has 0 unspecified atom stereocenters. The van der Waals surface area contributed by atoms with Crippen molar-refractivity contribution < 1.29 is 19.2 Å². The maximum absolute atomic E-state index is 8.70. The van der Waals surface area contributed by atoms with Crippen molar-refractivity contribution in [2.75, 3.05) is 28.2 Å². The highest BCUT2D eigenvalue weighted by molar-refractivity contribution is 7.36. The average Bonchev–Trinajstić information content (AvgIpc) is 1.19. The standard InChI is InChI=1S/C4H12N.H2O3P/c1-5(2,3)4;1-4(2)3/h1-4H3;1-2H/q+1;-1. The van der Waals surface area contributed by atoms with Crippen LogP contribution in [0.4, 0.5) is 0 Å². The molecule has 0 radical (unpaired) electrons. The summed E-state index contributed by atoms with van der Waals surface area (Å²) in [5.74, 6) is 0. The number of hydrogen-bond acceptors (Lipinski definition) is 3. The fourth-order valence-corrected chi connectivity index (χ4v) is 0. The minimum Gasteiger partial charge on any atom is -0.786 e. The van der Waals surface area contributed by atoms with Crippen LogP contribution in [0.2, 0.25) is 0 Å². The van der Waals surface area contributed by atoms with E-state index >= 15 is 0 Å². The molecule has 0 amide bonds. The molecule has 0 aromatic carbocycles. The molecular weight excluding hydrogens is 141 g/mol. The van der Waals surface area contributed by atoms with E-state index in [1.165, 1.54) is 0 Å². The highest BCUT2D eigenvalue weighted by Crippen LogP contribution is 2.03. The summed E-state index contributed by atoms with van der Waals surface area (Å²) in [6.07, 6.45) is 0. The van der Waals surface area contributed by atoms with E-state index in [2.05, 4.69) is 28.2 Å². The number of quaternary nitrogens is 1. The van der Waals surface area contributed by atoms with Crippen LogP contribution in [-0.4, -0.2) is 42.5 Å². The van der Waals surface area contributed by atoms with E-state index in [0.717, 1.165) is 4.48 Å². The van der Waals surface area contributed by atoms with Gasteiger partial charge in [-0.3, -0.25) is 0 Å². The molecule has 0 rings (SSSR count). The maximum atomic E-state index is 8.70. The van der Waals surface area contributed by atoms with E-state index in [9.17, 15) is 0 Å². The maximum Gasteiger partial charge on any atom is 0.0755 e. The molecule has 0 saturated heterocycles. The van der Waals surface area contributed by atoms with Gasteiger partial charge in [0.1, 0.15) is 0 Å². The molecule has 5 heteroatoms. The number of hydrogen-bond donors (Lipinski definition) is 2. The minimum absolute atomic E-state index is 1.00. The smallest absolute Gasteiger partial charge is 0.0755 e. The molecule has 0 saturated carbocycles. The topological polar surface area (TPSA) is 63.5 Å². The Hall–Kier alpha value is 0.270. The second kappa shape index (κ2) is 5.09. The molecule has 9 heavy (non-hydrogen) atoms. The van der Waals surface area contributed by atoms with Gasteiger partial charge >= 0.3 is 0 Å². The molecule has 0 fully saturated rings. The molecule has 0 spiro atoms. The summed E-state index contributed by atoms with van der Waals surface area (Å²) in [5.41, 5.74) is 0. The van der Waals surface area contributed by atoms with Crippen LogP contribution in [0, 0.1) is 0 Å². The van der Waals surface area contributed by atoms with Gasteiger partial charge < -0.3 is 19.2 Å². The van der Waals surface area contributed by atoms with Crippen LogP contribution >= 0.6 is 8.60 Å². The predicted molar refractivity (Wildman–Crippen MR) is 35.3 cm³/mol. The van der Waals surface area contributed by atoms with Crippen molar-refractivity contribution in [3.63, 3.8) is 0 Å². The molecule has 0 aromatic heterocycles. The highest BCUT2D eigenvalue weighted by Gasteiger charge is 1.88. The van der Waals surface area contributed by atoms with Gasteiger partial charge in [-0.05, 0) is 0 Å². The zero-order chi connectivity index (χ0) is 8.08. The van der Waals surface area contributed by atoms with E-state index in [1.807, 2.05) is 0 Å². The second-order valence-electron chi connectivity index (χ2n) is 2.94. The molecule has 0 aliphatic carbocycles. The lowest BCUT2D eigenvalue weighted by atomic mass is 10.8. The van der Waals surface area contributed by atoms with Crippen LogP contribution in [0.1, 0.15) is 0 Å². The summed E-state index contributed by atoms with van der Waals surface area (Å²) in [5, 5.41) is 0. The van der Waals surface area contributed by atoms with E-state index in [-0.39, 0.29) is 0 Å². The van der Waals surface area contributed by atoms with Gasteiger partial charge in [-0.1, -0.05) is 0 Å². The van der Waals surface area contributed by atoms with E-state index in [4.69, 9.17) is 14.7 Å². The Balaban J connectivity index is 0. The molecular formula is C4H14NO3P. The first-order chi connectivity index (χ1) is 3.73. The van der Waals surface area contributed by atoms with Crippen LogP contribution in [-0.2, 0) is 0 Å². The van der Waals surface area contributed by atoms with Crippen LogP contribution in [0.3, 0.4) is 0 Å². The SMILES string of the molecule is C[N+](C)(C)C.[O-]P(O)O. The van der Waals surface area contributed by atoms with Crippen molar-refractivity contribution in [2.45, 2.75) is 0 Å². The highest BCUT2D eigenvalue weighted by atomic mass is 31.2. The summed E-state index contributed by atoms with van der Waals surface area (Å²) in [4.78, 5) is 22.9. The van der Waals surface area contributed by atoms with Gasteiger partial charge in [-0.15, -0.1) is 0 Å². The monoisotopic (exact) mass is 155 g/mol. The molecule has 0 heterocycles. The van der Waals surface area contributed by atoms with Crippen molar-refractivity contribution in [3.8, 4) is 0 Å². The zero-order valence-corrected chi connectivity index (χ0v) is 7.09. The molecule has 0 aromatic rings. The van der Waals surface area contributed by atoms with Crippen molar-refractivity contribution in [3.05, 3.63) is 0 Å². The lowest BCUT2D eigenvalue weighted by Crippen LogP contribution is -2.27. The Morgan fingerprint density at radius 3 is 1.11 bits per heavy atom. The quantitative estimate of drug-likeness (QED) is 0.344. The molecule has 58 valence electrons. The number of nitrogens with zero attached hydrogens (tertiary/aromatic N) is 1. The first-order valence-corrected chi connectivity index (χ1v) is 3.54. The van der Waals surface area contributed by atoms with E-state index in [1.54, 1.807) is 0 Å². The van der Waals surface area contributed by atoms with Gasteiger partial charge in [0.2, 0.25) is 0 Å². The van der Waals surface area contributed by atoms with Gasteiger partial charge in [0, 0.05) is 0 Å². The molecule has 4 nitrogen and oxygen atoms in total. The van der Waals surface area contributed by atoms with Gasteiger partial charge in [0.25, 0.3) is 0 Å². The lowest BCUT2D eigenvalue weighted by Gasteiger charge is -2.14. The van der Waals surface area contributed by atoms with Crippen molar-refractivity contribution in [1.29, 1.82) is 0 Å². The van der Waals surface area contributed by atoms with Crippen LogP contribution in [0.15, 0.2) is 0 Å². The van der Waals surface area contributed by atoms with Gasteiger partial charge in [-0.2, -0.15) is 0 Å². The first-order valence-electron chi connectivity index (χ1n) is 2.37. The predicted octanol–water partition coefficient (Wildman–Crippen LogP) is -1.12. The fourth-order valence-electron chi connectivity index (χ4n) is 0. The summed E-state index contributed by atoms with van der Waals surface area (Å²) in [7, 11) is 5.63. The average molecular weight is 155 g/mol. The fraction of sp³-hybridized carbons (Fsp3) is 1.00. The Morgan fingerprint density at radius 1 is 1.11 bits per heavy atom. The Morgan fingerprint density at radius 2 is 1.11 bits per heavy atom. The van der Waals surface area contributed by atoms with Crippen LogP contribution < -0.4 is 4.89 Å². The number of rotatable bonds is 0. The summed E-state index contributed by atoms with van der Waals surface area (Å²) in [6, 6.07) is 0. The van der Waals surface area contributed by atoms with E-state index < -0.39 is 8.60 Å². The van der Waals surface area contributed by atoms with Crippen LogP contribution in [0.25, 0.3) is 0 Å². The van der Waals surface area contributed by atoms with Crippen molar-refractivity contribution in [2.24, 2.45) is 0 Å². The Bertz CT molecular complexity index is 52.6. The largest absolute Gasteiger partial charge is 0.786 e. The van der Waals surface area contributed by atoms with Crippen molar-refractivity contribution >= 4 is 8.60 Å². The first kappa shape index (κ1) is 12.0. The third kappa shape index (κ3) is 4460. The molecule has 0 bridgehead atoms. The third-order valence-electron chi connectivity index (χ3n) is 0. The third-order valence-corrected chi connectivity index (χ3v) is 0. The van der Waals surface area contributed by atoms with Gasteiger partial charge in [-0.25, -0.2) is 0 Å². The summed E-state index contributed by atoms with van der Waals surface area (Å²) in [6.45, 7) is 0. The molecule has 2 N–H and O–H groups in total. The van der Waals surface area contributed by atoms with Gasteiger partial charge in [0.15, 0.2) is 0 Å². The van der Waals surface area contributed by atoms with Gasteiger partial charge in [0.05, 0.1) is 36.8 Å². The van der Waals surface area contributed by atoms with Crippen LogP contribution in [0.5, 0.6) is 0 Å². The molecule has 0 atom stereocenters. The summed E-state index contributed by atoms with van der Waals surface area (Å²) >= 11 is 0.